The van der Waals surface area contributed by atoms with Gasteiger partial charge in [-0.25, -0.2) is 0 Å². The molecule has 8 heteroatoms. The van der Waals surface area contributed by atoms with Gasteiger partial charge in [-0.15, -0.1) is 20.4 Å². The monoisotopic (exact) mass is 421 g/mol. The van der Waals surface area contributed by atoms with Crippen LogP contribution in [0.4, 0.5) is 0 Å². The van der Waals surface area contributed by atoms with E-state index in [-0.39, 0.29) is 5.41 Å². The Kier molecular flexibility index (Phi) is 5.59. The first-order valence-corrected chi connectivity index (χ1v) is 10.5. The van der Waals surface area contributed by atoms with E-state index in [1.165, 1.54) is 11.8 Å². The summed E-state index contributed by atoms with van der Waals surface area (Å²) in [5, 5.41) is 18.0. The van der Waals surface area contributed by atoms with E-state index in [2.05, 4.69) is 20.4 Å². The number of rotatable bonds is 6. The maximum atomic E-state index is 5.82. The highest BCUT2D eigenvalue weighted by Gasteiger charge is 2.22. The Balaban J connectivity index is 1.67. The van der Waals surface area contributed by atoms with Crippen molar-refractivity contribution in [1.29, 1.82) is 0 Å². The lowest BCUT2D eigenvalue weighted by atomic mass is 9.97. The first kappa shape index (κ1) is 20.2. The van der Waals surface area contributed by atoms with Crippen LogP contribution >= 0.6 is 11.8 Å². The third kappa shape index (κ3) is 4.23. The Labute approximate surface area is 179 Å². The van der Waals surface area contributed by atoms with Gasteiger partial charge in [0.25, 0.3) is 0 Å². The van der Waals surface area contributed by atoms with Gasteiger partial charge in [-0.2, -0.15) is 0 Å². The Hall–Kier alpha value is -3.13. The summed E-state index contributed by atoms with van der Waals surface area (Å²) in [5.74, 6) is 3.26. The van der Waals surface area contributed by atoms with E-state index in [1.54, 1.807) is 7.11 Å². The summed E-state index contributed by atoms with van der Waals surface area (Å²) in [6, 6.07) is 17.8. The molecule has 0 fully saturated rings. The molecule has 0 saturated carbocycles. The van der Waals surface area contributed by atoms with E-state index in [0.29, 0.717) is 17.5 Å². The van der Waals surface area contributed by atoms with E-state index >= 15 is 0 Å². The molecule has 0 unspecified atom stereocenters. The van der Waals surface area contributed by atoms with Crippen LogP contribution in [-0.2, 0) is 11.2 Å². The van der Waals surface area contributed by atoms with Crippen LogP contribution in [0.2, 0.25) is 0 Å². The van der Waals surface area contributed by atoms with Gasteiger partial charge < -0.3 is 9.15 Å². The summed E-state index contributed by atoms with van der Waals surface area (Å²) in [5.41, 5.74) is 1.75. The molecule has 0 bridgehead atoms. The Morgan fingerprint density at radius 1 is 0.933 bits per heavy atom. The van der Waals surface area contributed by atoms with Crippen LogP contribution in [0.3, 0.4) is 0 Å². The van der Waals surface area contributed by atoms with Crippen molar-refractivity contribution in [2.75, 3.05) is 7.11 Å². The molecule has 2 heterocycles. The number of aromatic nitrogens is 5. The molecule has 0 radical (unpaired) electrons. The fraction of sp³-hybridized carbons (Fsp3) is 0.273. The van der Waals surface area contributed by atoms with E-state index in [4.69, 9.17) is 9.15 Å². The summed E-state index contributed by atoms with van der Waals surface area (Å²) in [6.07, 6.45) is 0. The highest BCUT2D eigenvalue weighted by molar-refractivity contribution is 7.98. The first-order valence-electron chi connectivity index (χ1n) is 9.56. The number of benzene rings is 2. The van der Waals surface area contributed by atoms with Crippen molar-refractivity contribution in [2.45, 2.75) is 37.1 Å². The SMILES string of the molecule is COc1ccc(-n2c(SCc3nnc(C(C)(C)C)o3)nnc2-c2ccccc2)cc1. The average molecular weight is 422 g/mol. The second kappa shape index (κ2) is 8.31. The van der Waals surface area contributed by atoms with Crippen molar-refractivity contribution >= 4 is 11.8 Å². The Bertz CT molecular complexity index is 1110. The van der Waals surface area contributed by atoms with E-state index < -0.39 is 0 Å². The lowest BCUT2D eigenvalue weighted by Crippen LogP contribution is -2.11. The normalized spacial score (nSPS) is 11.6. The lowest BCUT2D eigenvalue weighted by molar-refractivity contribution is 0.378. The topological polar surface area (TPSA) is 78.9 Å². The van der Waals surface area contributed by atoms with Gasteiger partial charge in [-0.1, -0.05) is 62.9 Å². The van der Waals surface area contributed by atoms with Crippen LogP contribution in [0.15, 0.2) is 64.2 Å². The molecule has 0 aliphatic carbocycles. The summed E-state index contributed by atoms with van der Waals surface area (Å²) >= 11 is 1.51. The minimum atomic E-state index is -0.181. The van der Waals surface area contributed by atoms with Crippen LogP contribution in [0.5, 0.6) is 5.75 Å². The molecule has 0 aliphatic heterocycles. The smallest absolute Gasteiger partial charge is 0.226 e. The van der Waals surface area contributed by atoms with Crippen molar-refractivity contribution in [2.24, 2.45) is 0 Å². The highest BCUT2D eigenvalue weighted by Crippen LogP contribution is 2.31. The van der Waals surface area contributed by atoms with Gasteiger partial charge in [-0.3, -0.25) is 4.57 Å². The molecule has 2 aromatic heterocycles. The molecule has 0 N–H and O–H groups in total. The van der Waals surface area contributed by atoms with Crippen molar-refractivity contribution in [3.63, 3.8) is 0 Å². The maximum Gasteiger partial charge on any atom is 0.226 e. The molecule has 154 valence electrons. The molecule has 0 atom stereocenters. The van der Waals surface area contributed by atoms with E-state index in [1.807, 2.05) is 79.9 Å². The minimum Gasteiger partial charge on any atom is -0.497 e. The summed E-state index contributed by atoms with van der Waals surface area (Å²) in [6.45, 7) is 6.14. The van der Waals surface area contributed by atoms with Crippen LogP contribution in [0, 0.1) is 0 Å². The minimum absolute atomic E-state index is 0.181. The van der Waals surface area contributed by atoms with Crippen LogP contribution in [0.25, 0.3) is 17.1 Å². The molecule has 0 saturated heterocycles. The molecule has 0 spiro atoms. The summed E-state index contributed by atoms with van der Waals surface area (Å²) in [4.78, 5) is 0. The number of ether oxygens (including phenoxy) is 1. The largest absolute Gasteiger partial charge is 0.497 e. The van der Waals surface area contributed by atoms with Gasteiger partial charge in [0, 0.05) is 16.7 Å². The average Bonchev–Trinajstić information content (AvgIpc) is 3.40. The van der Waals surface area contributed by atoms with Gasteiger partial charge in [0.2, 0.25) is 11.8 Å². The quantitative estimate of drug-likeness (QED) is 0.409. The molecule has 0 aliphatic rings. The number of nitrogens with zero attached hydrogens (tertiary/aromatic N) is 5. The van der Waals surface area contributed by atoms with Crippen LogP contribution in [0.1, 0.15) is 32.6 Å². The number of thioether (sulfide) groups is 1. The van der Waals surface area contributed by atoms with Gasteiger partial charge in [0.15, 0.2) is 11.0 Å². The third-order valence-electron chi connectivity index (χ3n) is 4.43. The maximum absolute atomic E-state index is 5.82. The molecule has 2 aromatic carbocycles. The Morgan fingerprint density at radius 2 is 1.67 bits per heavy atom. The first-order chi connectivity index (χ1) is 14.5. The van der Waals surface area contributed by atoms with Crippen molar-refractivity contribution in [3.05, 3.63) is 66.4 Å². The zero-order valence-electron chi connectivity index (χ0n) is 17.4. The molecule has 0 amide bonds. The number of methoxy groups -OCH3 is 1. The molecular formula is C22H23N5O2S. The summed E-state index contributed by atoms with van der Waals surface area (Å²) < 4.78 is 13.1. The van der Waals surface area contributed by atoms with Crippen LogP contribution < -0.4 is 4.74 Å². The molecule has 30 heavy (non-hydrogen) atoms. The summed E-state index contributed by atoms with van der Waals surface area (Å²) in [7, 11) is 1.65. The van der Waals surface area contributed by atoms with Crippen molar-refractivity contribution < 1.29 is 9.15 Å². The number of hydrogen-bond acceptors (Lipinski definition) is 7. The van der Waals surface area contributed by atoms with Gasteiger partial charge in [0.1, 0.15) is 5.75 Å². The van der Waals surface area contributed by atoms with E-state index in [0.717, 1.165) is 28.0 Å². The zero-order chi connectivity index (χ0) is 21.1. The molecule has 4 aromatic rings. The predicted octanol–water partition coefficient (Wildman–Crippen LogP) is 4.92. The standard InChI is InChI=1S/C22H23N5O2S/c1-22(2,3)20-25-23-18(29-20)14-30-21-26-24-19(15-8-6-5-7-9-15)27(21)16-10-12-17(28-4)13-11-16/h5-13H,14H2,1-4H3. The fourth-order valence-electron chi connectivity index (χ4n) is 2.84. The highest BCUT2D eigenvalue weighted by atomic mass is 32.2. The lowest BCUT2D eigenvalue weighted by Gasteiger charge is -2.11. The predicted molar refractivity (Wildman–Crippen MR) is 116 cm³/mol. The van der Waals surface area contributed by atoms with Crippen molar-refractivity contribution in [3.8, 4) is 22.8 Å². The second-order valence-electron chi connectivity index (χ2n) is 7.75. The van der Waals surface area contributed by atoms with Crippen LogP contribution in [-0.4, -0.2) is 32.1 Å². The van der Waals surface area contributed by atoms with Gasteiger partial charge >= 0.3 is 0 Å². The molecule has 7 nitrogen and oxygen atoms in total. The third-order valence-corrected chi connectivity index (χ3v) is 5.34. The van der Waals surface area contributed by atoms with Gasteiger partial charge in [0.05, 0.1) is 12.9 Å². The Morgan fingerprint density at radius 3 is 2.30 bits per heavy atom. The number of hydrogen-bond donors (Lipinski definition) is 0. The van der Waals surface area contributed by atoms with E-state index in [9.17, 15) is 0 Å². The molecular weight excluding hydrogens is 398 g/mol. The van der Waals surface area contributed by atoms with Crippen molar-refractivity contribution in [1.82, 2.24) is 25.0 Å². The zero-order valence-corrected chi connectivity index (χ0v) is 18.2. The second-order valence-corrected chi connectivity index (χ2v) is 8.69. The molecule has 4 rings (SSSR count). The van der Waals surface area contributed by atoms with Gasteiger partial charge in [-0.05, 0) is 24.3 Å². The fourth-order valence-corrected chi connectivity index (χ4v) is 3.63.